The number of amides is 1. The Kier molecular flexibility index (Phi) is 5.86. The molecule has 0 radical (unpaired) electrons. The molecule has 2 fully saturated rings. The van der Waals surface area contributed by atoms with Gasteiger partial charge in [-0.3, -0.25) is 9.48 Å². The number of halogens is 1. The van der Waals surface area contributed by atoms with Gasteiger partial charge in [-0.25, -0.2) is 4.79 Å². The molecule has 2 heterocycles. The highest BCUT2D eigenvalue weighted by molar-refractivity contribution is 6.31. The highest BCUT2D eigenvalue weighted by Gasteiger charge is 2.51. The number of nitrogens with zero attached hydrogens (tertiary/aromatic N) is 3. The first kappa shape index (κ1) is 22.8. The van der Waals surface area contributed by atoms with Crippen molar-refractivity contribution in [3.8, 4) is 0 Å². The average Bonchev–Trinajstić information content (AvgIpc) is 3.12. The Balaban J connectivity index is 1.42. The van der Waals surface area contributed by atoms with Crippen LogP contribution in [-0.4, -0.2) is 45.8 Å². The van der Waals surface area contributed by atoms with Crippen LogP contribution < -0.4 is 0 Å². The molecule has 0 spiro atoms. The molecule has 0 unspecified atom stereocenters. The molecule has 1 aromatic heterocycles. The molecular formula is C25H32ClN3O3. The zero-order valence-electron chi connectivity index (χ0n) is 19.6. The highest BCUT2D eigenvalue weighted by atomic mass is 35.5. The van der Waals surface area contributed by atoms with E-state index < -0.39 is 5.97 Å². The smallest absolute Gasteiger partial charge is 0.342 e. The molecule has 4 rings (SSSR count). The lowest BCUT2D eigenvalue weighted by molar-refractivity contribution is -0.135. The summed E-state index contributed by atoms with van der Waals surface area (Å²) in [5.41, 5.74) is 3.00. The summed E-state index contributed by atoms with van der Waals surface area (Å²) in [5, 5.41) is 5.16. The fourth-order valence-electron chi connectivity index (χ4n) is 5.97. The molecule has 0 N–H and O–H groups in total. The number of aromatic nitrogens is 2. The van der Waals surface area contributed by atoms with Crippen LogP contribution in [0.15, 0.2) is 24.3 Å². The van der Waals surface area contributed by atoms with E-state index in [9.17, 15) is 9.59 Å². The third-order valence-electron chi connectivity index (χ3n) is 6.93. The molecule has 172 valence electrons. The monoisotopic (exact) mass is 457 g/mol. The predicted molar refractivity (Wildman–Crippen MR) is 124 cm³/mol. The van der Waals surface area contributed by atoms with Gasteiger partial charge in [0.2, 0.25) is 0 Å². The lowest BCUT2D eigenvalue weighted by Crippen LogP contribution is -2.39. The second-order valence-corrected chi connectivity index (χ2v) is 11.0. The van der Waals surface area contributed by atoms with Crippen molar-refractivity contribution in [3.63, 3.8) is 0 Å². The fraction of sp³-hybridized carbons (Fsp3) is 0.560. The maximum atomic E-state index is 12.9. The summed E-state index contributed by atoms with van der Waals surface area (Å²) in [6.07, 6.45) is 3.14. The average molecular weight is 458 g/mol. The molecule has 1 aromatic carbocycles. The molecule has 1 aliphatic carbocycles. The van der Waals surface area contributed by atoms with E-state index in [1.54, 1.807) is 11.6 Å². The number of esters is 1. The number of ether oxygens (including phenoxy) is 1. The molecule has 2 bridgehead atoms. The molecule has 1 aliphatic heterocycles. The normalized spacial score (nSPS) is 23.9. The predicted octanol–water partition coefficient (Wildman–Crippen LogP) is 4.79. The SMILES string of the molecule is Cc1nn(Cc2ccccc2Cl)c(C)c1C(=O)OCC(=O)N1C[C@]2(C)C[C@H]1CC(C)(C)C2. The third kappa shape index (κ3) is 4.42. The van der Waals surface area contributed by atoms with E-state index in [2.05, 4.69) is 25.9 Å². The molecule has 2 aromatic rings. The van der Waals surface area contributed by atoms with Gasteiger partial charge in [-0.05, 0) is 55.6 Å². The van der Waals surface area contributed by atoms with Gasteiger partial charge in [0, 0.05) is 17.6 Å². The summed E-state index contributed by atoms with van der Waals surface area (Å²) in [4.78, 5) is 27.7. The van der Waals surface area contributed by atoms with Crippen LogP contribution in [-0.2, 0) is 16.1 Å². The number of rotatable bonds is 5. The molecule has 7 heteroatoms. The lowest BCUT2D eigenvalue weighted by atomic mass is 9.65. The van der Waals surface area contributed by atoms with Crippen molar-refractivity contribution in [3.05, 3.63) is 51.8 Å². The highest BCUT2D eigenvalue weighted by Crippen LogP contribution is 2.52. The van der Waals surface area contributed by atoms with Gasteiger partial charge in [0.1, 0.15) is 5.56 Å². The lowest BCUT2D eigenvalue weighted by Gasteiger charge is -2.39. The van der Waals surface area contributed by atoms with E-state index in [0.29, 0.717) is 28.5 Å². The third-order valence-corrected chi connectivity index (χ3v) is 7.29. The molecule has 2 aliphatic rings. The van der Waals surface area contributed by atoms with E-state index >= 15 is 0 Å². The first-order valence-corrected chi connectivity index (χ1v) is 11.6. The van der Waals surface area contributed by atoms with Crippen molar-refractivity contribution >= 4 is 23.5 Å². The Bertz CT molecular complexity index is 1060. The number of carbonyl (C=O) groups is 2. The summed E-state index contributed by atoms with van der Waals surface area (Å²) in [7, 11) is 0. The summed E-state index contributed by atoms with van der Waals surface area (Å²) in [6, 6.07) is 7.80. The van der Waals surface area contributed by atoms with Gasteiger partial charge in [-0.2, -0.15) is 5.10 Å². The number of likely N-dealkylation sites (tertiary alicyclic amines) is 1. The van der Waals surface area contributed by atoms with Crippen molar-refractivity contribution in [2.75, 3.05) is 13.2 Å². The Hall–Kier alpha value is -2.34. The van der Waals surface area contributed by atoms with Crippen molar-refractivity contribution < 1.29 is 14.3 Å². The van der Waals surface area contributed by atoms with E-state index in [4.69, 9.17) is 16.3 Å². The molecule has 2 atom stereocenters. The van der Waals surface area contributed by atoms with Crippen LogP contribution in [0.5, 0.6) is 0 Å². The van der Waals surface area contributed by atoms with Crippen LogP contribution in [0, 0.1) is 24.7 Å². The van der Waals surface area contributed by atoms with Crippen LogP contribution in [0.4, 0.5) is 0 Å². The van der Waals surface area contributed by atoms with Crippen molar-refractivity contribution in [1.82, 2.24) is 14.7 Å². The molecule has 32 heavy (non-hydrogen) atoms. The summed E-state index contributed by atoms with van der Waals surface area (Å²) < 4.78 is 7.23. The van der Waals surface area contributed by atoms with Crippen LogP contribution >= 0.6 is 11.6 Å². The Morgan fingerprint density at radius 3 is 2.62 bits per heavy atom. The number of fused-ring (bicyclic) bond motifs is 2. The number of aryl methyl sites for hydroxylation is 1. The molecule has 1 amide bonds. The summed E-state index contributed by atoms with van der Waals surface area (Å²) in [6.45, 7) is 11.4. The van der Waals surface area contributed by atoms with Crippen molar-refractivity contribution in [2.24, 2.45) is 10.8 Å². The van der Waals surface area contributed by atoms with Crippen LogP contribution in [0.3, 0.4) is 0 Å². The number of carbonyl (C=O) groups excluding carboxylic acids is 2. The largest absolute Gasteiger partial charge is 0.452 e. The molecule has 6 nitrogen and oxygen atoms in total. The minimum absolute atomic E-state index is 0.108. The van der Waals surface area contributed by atoms with E-state index in [-0.39, 0.29) is 29.4 Å². The zero-order valence-corrected chi connectivity index (χ0v) is 20.3. The summed E-state index contributed by atoms with van der Waals surface area (Å²) >= 11 is 6.27. The van der Waals surface area contributed by atoms with E-state index in [0.717, 1.165) is 31.4 Å². The first-order chi connectivity index (χ1) is 15.0. The summed E-state index contributed by atoms with van der Waals surface area (Å²) in [5.74, 6) is -0.615. The first-order valence-electron chi connectivity index (χ1n) is 11.2. The van der Waals surface area contributed by atoms with Gasteiger partial charge in [0.25, 0.3) is 5.91 Å². The molecule has 1 saturated heterocycles. The molecular weight excluding hydrogens is 426 g/mol. The standard InChI is InChI=1S/C25H32ClN3O3/c1-16-22(17(2)29(27-16)12-18-8-6-7-9-20(18)26)23(31)32-13-21(30)28-15-25(5)11-19(28)10-24(3,4)14-25/h6-9,19H,10-15H2,1-5H3/t19-,25-/m1/s1. The van der Waals surface area contributed by atoms with Crippen molar-refractivity contribution in [1.29, 1.82) is 0 Å². The van der Waals surface area contributed by atoms with Gasteiger partial charge in [-0.1, -0.05) is 50.6 Å². The second kappa shape index (κ2) is 8.22. The minimum atomic E-state index is -0.507. The van der Waals surface area contributed by atoms with Gasteiger partial charge < -0.3 is 9.64 Å². The van der Waals surface area contributed by atoms with Gasteiger partial charge >= 0.3 is 5.97 Å². The van der Waals surface area contributed by atoms with E-state index in [1.807, 2.05) is 36.1 Å². The fourth-order valence-corrected chi connectivity index (χ4v) is 6.16. The number of hydrogen-bond acceptors (Lipinski definition) is 4. The molecule has 1 saturated carbocycles. The van der Waals surface area contributed by atoms with Gasteiger partial charge in [0.05, 0.1) is 17.9 Å². The quantitative estimate of drug-likeness (QED) is 0.606. The number of benzene rings is 1. The van der Waals surface area contributed by atoms with Crippen molar-refractivity contribution in [2.45, 2.75) is 66.5 Å². The Morgan fingerprint density at radius 2 is 1.91 bits per heavy atom. The maximum Gasteiger partial charge on any atom is 0.342 e. The van der Waals surface area contributed by atoms with E-state index in [1.165, 1.54) is 0 Å². The minimum Gasteiger partial charge on any atom is -0.452 e. The number of hydrogen-bond donors (Lipinski definition) is 0. The van der Waals surface area contributed by atoms with Gasteiger partial charge in [0.15, 0.2) is 6.61 Å². The second-order valence-electron chi connectivity index (χ2n) is 10.6. The van der Waals surface area contributed by atoms with Crippen LogP contribution in [0.2, 0.25) is 5.02 Å². The Morgan fingerprint density at radius 1 is 1.19 bits per heavy atom. The zero-order chi connectivity index (χ0) is 23.3. The van der Waals surface area contributed by atoms with Crippen LogP contribution in [0.25, 0.3) is 0 Å². The van der Waals surface area contributed by atoms with Crippen LogP contribution in [0.1, 0.15) is 67.3 Å². The topological polar surface area (TPSA) is 64.4 Å². The maximum absolute atomic E-state index is 12.9. The Labute approximate surface area is 194 Å². The van der Waals surface area contributed by atoms with Gasteiger partial charge in [-0.15, -0.1) is 0 Å².